The van der Waals surface area contributed by atoms with Gasteiger partial charge in [0.25, 0.3) is 5.56 Å². The Bertz CT molecular complexity index is 1730. The van der Waals surface area contributed by atoms with Crippen LogP contribution in [0.1, 0.15) is 24.1 Å². The first kappa shape index (κ1) is 29.4. The maximum atomic E-state index is 14.3. The lowest BCUT2D eigenvalue weighted by Crippen LogP contribution is -2.41. The maximum absolute atomic E-state index is 14.3. The predicted molar refractivity (Wildman–Crippen MR) is 144 cm³/mol. The Morgan fingerprint density at radius 2 is 2.00 bits per heavy atom. The Balaban J connectivity index is 2.06. The molecule has 1 aliphatic heterocycles. The Hall–Kier alpha value is -3.60. The first-order valence-corrected chi connectivity index (χ1v) is 13.4. The van der Waals surface area contributed by atoms with E-state index in [0.717, 1.165) is 4.57 Å². The molecule has 3 aromatic rings. The fourth-order valence-electron chi connectivity index (χ4n) is 4.05. The second kappa shape index (κ2) is 11.9. The molecular formula is C26H18BrClF3N3O5S. The Morgan fingerprint density at radius 1 is 1.30 bits per heavy atom. The smallest absolute Gasteiger partial charge is 0.434 e. The number of allylic oxidation sites excluding steroid dienone is 1. The fraction of sp³-hybridized carbons (Fsp3) is 0.231. The summed E-state index contributed by atoms with van der Waals surface area (Å²) in [7, 11) is 1.39. The number of nitrogens with zero attached hydrogens (tertiary/aromatic N) is 3. The molecule has 0 saturated heterocycles. The van der Waals surface area contributed by atoms with Crippen LogP contribution in [0.25, 0.3) is 6.08 Å². The van der Waals surface area contributed by atoms with E-state index in [4.69, 9.17) is 31.1 Å². The van der Waals surface area contributed by atoms with Gasteiger partial charge in [-0.05, 0) is 42.8 Å². The zero-order valence-electron chi connectivity index (χ0n) is 20.7. The topological polar surface area (TPSA) is 103 Å². The minimum atomic E-state index is -5.03. The van der Waals surface area contributed by atoms with Crippen molar-refractivity contribution in [2.75, 3.05) is 20.3 Å². The highest BCUT2D eigenvalue weighted by molar-refractivity contribution is 9.10. The number of thiazole rings is 1. The summed E-state index contributed by atoms with van der Waals surface area (Å²) in [4.78, 5) is 30.2. The van der Waals surface area contributed by atoms with Crippen molar-refractivity contribution in [3.63, 3.8) is 0 Å². The molecule has 208 valence electrons. The third-order valence-electron chi connectivity index (χ3n) is 5.62. The van der Waals surface area contributed by atoms with Crippen LogP contribution < -0.4 is 24.4 Å². The highest BCUT2D eigenvalue weighted by atomic mass is 79.9. The molecule has 0 unspecified atom stereocenters. The van der Waals surface area contributed by atoms with Crippen LogP contribution in [0, 0.1) is 11.3 Å². The Labute approximate surface area is 242 Å². The van der Waals surface area contributed by atoms with Crippen LogP contribution >= 0.6 is 38.9 Å². The van der Waals surface area contributed by atoms with E-state index in [0.29, 0.717) is 26.4 Å². The molecule has 4 rings (SSSR count). The third kappa shape index (κ3) is 5.79. The number of aromatic nitrogens is 1. The number of alkyl halides is 3. The number of esters is 1. The van der Waals surface area contributed by atoms with Crippen molar-refractivity contribution in [3.8, 4) is 17.6 Å². The number of nitriles is 1. The zero-order chi connectivity index (χ0) is 29.2. The summed E-state index contributed by atoms with van der Waals surface area (Å²) >= 11 is 10.0. The number of benzene rings is 2. The van der Waals surface area contributed by atoms with Gasteiger partial charge in [0.15, 0.2) is 28.6 Å². The van der Waals surface area contributed by atoms with Crippen LogP contribution in [0.2, 0.25) is 5.02 Å². The summed E-state index contributed by atoms with van der Waals surface area (Å²) in [6, 6.07) is 9.26. The van der Waals surface area contributed by atoms with Gasteiger partial charge >= 0.3 is 12.1 Å². The molecule has 0 fully saturated rings. The van der Waals surface area contributed by atoms with E-state index in [1.54, 1.807) is 12.1 Å². The van der Waals surface area contributed by atoms with Crippen molar-refractivity contribution in [2.45, 2.75) is 19.1 Å². The largest absolute Gasteiger partial charge is 0.493 e. The highest BCUT2D eigenvalue weighted by Crippen LogP contribution is 2.39. The number of halogens is 5. The number of hydrogen-bond donors (Lipinski definition) is 0. The average Bonchev–Trinajstić information content (AvgIpc) is 3.21. The quantitative estimate of drug-likeness (QED) is 0.343. The van der Waals surface area contributed by atoms with Gasteiger partial charge in [0, 0.05) is 15.1 Å². The zero-order valence-corrected chi connectivity index (χ0v) is 23.9. The number of methoxy groups -OCH3 is 1. The van der Waals surface area contributed by atoms with Gasteiger partial charge in [-0.15, -0.1) is 0 Å². The second-order valence-corrected chi connectivity index (χ2v) is 10.4. The lowest BCUT2D eigenvalue weighted by atomic mass is 9.95. The van der Waals surface area contributed by atoms with Gasteiger partial charge in [0.2, 0.25) is 0 Å². The first-order chi connectivity index (χ1) is 19.0. The summed E-state index contributed by atoms with van der Waals surface area (Å²) in [6.07, 6.45) is -3.64. The van der Waals surface area contributed by atoms with Crippen LogP contribution in [0.3, 0.4) is 0 Å². The van der Waals surface area contributed by atoms with E-state index >= 15 is 0 Å². The molecule has 1 aromatic heterocycles. The summed E-state index contributed by atoms with van der Waals surface area (Å²) in [5.74, 6) is -0.848. The minimum Gasteiger partial charge on any atom is -0.493 e. The fourth-order valence-corrected chi connectivity index (χ4v) is 5.62. The standard InChI is InChI=1S/C26H18BrClF3N3O5S/c1-3-38-24(36)19-20(13-4-6-16(28)7-5-13)34-23(35)18(40-25(34)33-22(19)26(29,30)31)11-14-10-15(27)12-17(37-2)21(14)39-9-8-32/h4-7,10-12,20H,3,9H2,1-2H3/b18-11-/t20-/m0/s1. The molecule has 0 saturated carbocycles. The van der Waals surface area contributed by atoms with Crippen molar-refractivity contribution in [3.05, 3.63) is 88.0 Å². The lowest BCUT2D eigenvalue weighted by molar-refractivity contribution is -0.140. The van der Waals surface area contributed by atoms with Crippen molar-refractivity contribution in [1.29, 1.82) is 5.26 Å². The summed E-state index contributed by atoms with van der Waals surface area (Å²) in [6.45, 7) is 0.937. The molecule has 14 heteroatoms. The molecule has 40 heavy (non-hydrogen) atoms. The second-order valence-electron chi connectivity index (χ2n) is 8.09. The average molecular weight is 657 g/mol. The van der Waals surface area contributed by atoms with Gasteiger partial charge in [0.05, 0.1) is 29.9 Å². The number of rotatable bonds is 7. The van der Waals surface area contributed by atoms with E-state index in [9.17, 15) is 22.8 Å². The SMILES string of the molecule is CCOC(=O)C1=C(C(F)(F)F)N=c2s/c(=C\c3cc(Br)cc(OC)c3OCC#N)c(=O)n2[C@H]1c1ccc(Cl)cc1. The van der Waals surface area contributed by atoms with Gasteiger partial charge in [0.1, 0.15) is 6.07 Å². The number of carbonyl (C=O) groups is 1. The molecule has 0 amide bonds. The maximum Gasteiger partial charge on any atom is 0.434 e. The van der Waals surface area contributed by atoms with E-state index in [1.807, 2.05) is 6.07 Å². The van der Waals surface area contributed by atoms with Gasteiger partial charge < -0.3 is 14.2 Å². The van der Waals surface area contributed by atoms with E-state index in [-0.39, 0.29) is 39.6 Å². The predicted octanol–water partition coefficient (Wildman–Crippen LogP) is 4.67. The van der Waals surface area contributed by atoms with Crippen molar-refractivity contribution in [1.82, 2.24) is 4.57 Å². The van der Waals surface area contributed by atoms with Crippen molar-refractivity contribution < 1.29 is 32.2 Å². The molecule has 2 heterocycles. The Kier molecular flexibility index (Phi) is 8.72. The summed E-state index contributed by atoms with van der Waals surface area (Å²) in [5.41, 5.74) is -2.48. The lowest BCUT2D eigenvalue weighted by Gasteiger charge is -2.26. The van der Waals surface area contributed by atoms with Gasteiger partial charge in [-0.25, -0.2) is 9.79 Å². The van der Waals surface area contributed by atoms with Crippen LogP contribution in [-0.4, -0.2) is 37.0 Å². The number of fused-ring (bicyclic) bond motifs is 1. The minimum absolute atomic E-state index is 0.00805. The van der Waals surface area contributed by atoms with Crippen molar-refractivity contribution in [2.24, 2.45) is 4.99 Å². The third-order valence-corrected chi connectivity index (χ3v) is 7.31. The van der Waals surface area contributed by atoms with Gasteiger partial charge in [-0.3, -0.25) is 9.36 Å². The normalized spacial score (nSPS) is 15.2. The number of ether oxygens (including phenoxy) is 3. The molecule has 1 atom stereocenters. The first-order valence-electron chi connectivity index (χ1n) is 11.4. The monoisotopic (exact) mass is 655 g/mol. The summed E-state index contributed by atoms with van der Waals surface area (Å²) in [5, 5.41) is 9.30. The van der Waals surface area contributed by atoms with Crippen molar-refractivity contribution >= 4 is 50.9 Å². The molecule has 0 N–H and O–H groups in total. The van der Waals surface area contributed by atoms with E-state index < -0.39 is 35.0 Å². The Morgan fingerprint density at radius 3 is 2.60 bits per heavy atom. The van der Waals surface area contributed by atoms with Crippen LogP contribution in [0.4, 0.5) is 13.2 Å². The molecule has 1 aliphatic rings. The molecule has 0 bridgehead atoms. The highest BCUT2D eigenvalue weighted by Gasteiger charge is 2.45. The summed E-state index contributed by atoms with van der Waals surface area (Å²) < 4.78 is 60.2. The van der Waals surface area contributed by atoms with Crippen LogP contribution in [0.5, 0.6) is 11.5 Å². The molecule has 0 aliphatic carbocycles. The molecule has 0 radical (unpaired) electrons. The van der Waals surface area contributed by atoms with E-state index in [1.165, 1.54) is 44.4 Å². The van der Waals surface area contributed by atoms with E-state index in [2.05, 4.69) is 20.9 Å². The van der Waals surface area contributed by atoms with Crippen LogP contribution in [0.15, 0.2) is 61.9 Å². The number of carbonyl (C=O) groups excluding carboxylic acids is 1. The van der Waals surface area contributed by atoms with Gasteiger partial charge in [-0.2, -0.15) is 18.4 Å². The molecule has 2 aromatic carbocycles. The number of hydrogen-bond acceptors (Lipinski definition) is 8. The van der Waals surface area contributed by atoms with Crippen LogP contribution in [-0.2, 0) is 9.53 Å². The molecular weight excluding hydrogens is 639 g/mol. The molecule has 0 spiro atoms. The van der Waals surface area contributed by atoms with Gasteiger partial charge in [-0.1, -0.05) is 51.0 Å². The molecule has 8 nitrogen and oxygen atoms in total.